The van der Waals surface area contributed by atoms with Crippen molar-refractivity contribution in [2.75, 3.05) is 12.4 Å². The molecule has 0 bridgehead atoms. The predicted molar refractivity (Wildman–Crippen MR) is 92.7 cm³/mol. The van der Waals surface area contributed by atoms with Crippen LogP contribution in [0.4, 0.5) is 10.5 Å². The summed E-state index contributed by atoms with van der Waals surface area (Å²) in [5.74, 6) is 0.644. The van der Waals surface area contributed by atoms with Gasteiger partial charge in [-0.15, -0.1) is 0 Å². The Morgan fingerprint density at radius 3 is 2.76 bits per heavy atom. The maximum absolute atomic E-state index is 12.0. The summed E-state index contributed by atoms with van der Waals surface area (Å²) in [6.45, 7) is 2.45. The number of aryl methyl sites for hydroxylation is 1. The van der Waals surface area contributed by atoms with Gasteiger partial charge in [0.05, 0.1) is 12.8 Å². The van der Waals surface area contributed by atoms with Crippen molar-refractivity contribution in [1.82, 2.24) is 5.32 Å². The molecule has 2 aromatic rings. The fourth-order valence-corrected chi connectivity index (χ4v) is 2.52. The van der Waals surface area contributed by atoms with Crippen molar-refractivity contribution in [1.29, 1.82) is 0 Å². The minimum Gasteiger partial charge on any atom is -0.495 e. The van der Waals surface area contributed by atoms with E-state index in [9.17, 15) is 4.79 Å². The molecule has 2 rings (SSSR count). The van der Waals surface area contributed by atoms with E-state index in [1.165, 1.54) is 0 Å². The monoisotopic (exact) mass is 396 g/mol. The molecule has 0 heterocycles. The summed E-state index contributed by atoms with van der Waals surface area (Å²) >= 11 is 2.25. The number of rotatable bonds is 4. The van der Waals surface area contributed by atoms with Gasteiger partial charge in [-0.3, -0.25) is 0 Å². The van der Waals surface area contributed by atoms with Crippen LogP contribution in [0.1, 0.15) is 11.1 Å². The van der Waals surface area contributed by atoms with Crippen molar-refractivity contribution >= 4 is 34.3 Å². The third kappa shape index (κ3) is 4.63. The van der Waals surface area contributed by atoms with Gasteiger partial charge in [-0.25, -0.2) is 4.79 Å². The van der Waals surface area contributed by atoms with Gasteiger partial charge in [-0.1, -0.05) is 18.2 Å². The van der Waals surface area contributed by atoms with E-state index in [1.54, 1.807) is 7.11 Å². The maximum Gasteiger partial charge on any atom is 0.319 e. The largest absolute Gasteiger partial charge is 0.495 e. The number of amides is 2. The van der Waals surface area contributed by atoms with Crippen LogP contribution < -0.4 is 15.4 Å². The Labute approximate surface area is 138 Å². The van der Waals surface area contributed by atoms with E-state index in [0.29, 0.717) is 18.0 Å². The molecule has 0 fully saturated rings. The smallest absolute Gasteiger partial charge is 0.319 e. The number of carbonyl (C=O) groups is 1. The second-order valence-electron chi connectivity index (χ2n) is 4.64. The molecule has 2 aromatic carbocycles. The van der Waals surface area contributed by atoms with Crippen LogP contribution in [0.25, 0.3) is 0 Å². The molecule has 2 N–H and O–H groups in total. The minimum atomic E-state index is -0.252. The van der Waals surface area contributed by atoms with Crippen molar-refractivity contribution in [3.8, 4) is 5.75 Å². The van der Waals surface area contributed by atoms with E-state index in [2.05, 4.69) is 33.2 Å². The Bertz CT molecular complexity index is 644. The molecule has 0 radical (unpaired) electrons. The first kappa shape index (κ1) is 15.6. The number of anilines is 1. The van der Waals surface area contributed by atoms with Gasteiger partial charge >= 0.3 is 6.03 Å². The summed E-state index contributed by atoms with van der Waals surface area (Å²) in [5.41, 5.74) is 2.79. The van der Waals surface area contributed by atoms with Crippen molar-refractivity contribution in [2.45, 2.75) is 13.5 Å². The van der Waals surface area contributed by atoms with E-state index in [4.69, 9.17) is 4.74 Å². The van der Waals surface area contributed by atoms with Gasteiger partial charge in [0.15, 0.2) is 0 Å². The average molecular weight is 396 g/mol. The summed E-state index contributed by atoms with van der Waals surface area (Å²) in [6, 6.07) is 13.4. The fourth-order valence-electron chi connectivity index (χ4n) is 1.92. The Morgan fingerprint density at radius 2 is 2.05 bits per heavy atom. The molecule has 0 aliphatic heterocycles. The highest BCUT2D eigenvalue weighted by Gasteiger charge is 2.07. The number of methoxy groups -OCH3 is 1. The molecule has 0 aliphatic rings. The molecule has 0 unspecified atom stereocenters. The van der Waals surface area contributed by atoms with Crippen LogP contribution in [-0.4, -0.2) is 13.1 Å². The molecule has 0 saturated carbocycles. The lowest BCUT2D eigenvalue weighted by Crippen LogP contribution is -2.28. The van der Waals surface area contributed by atoms with Gasteiger partial charge in [0.25, 0.3) is 0 Å². The number of urea groups is 1. The molecule has 0 aromatic heterocycles. The van der Waals surface area contributed by atoms with Crippen LogP contribution in [-0.2, 0) is 6.54 Å². The maximum atomic E-state index is 12.0. The first-order valence-corrected chi connectivity index (χ1v) is 7.60. The van der Waals surface area contributed by atoms with Gasteiger partial charge in [-0.05, 0) is 64.9 Å². The highest BCUT2D eigenvalue weighted by atomic mass is 127. The Kier molecular flexibility index (Phi) is 5.44. The highest BCUT2D eigenvalue weighted by Crippen LogP contribution is 2.24. The van der Waals surface area contributed by atoms with Gasteiger partial charge < -0.3 is 15.4 Å². The zero-order valence-electron chi connectivity index (χ0n) is 11.9. The quantitative estimate of drug-likeness (QED) is 0.770. The van der Waals surface area contributed by atoms with Crippen LogP contribution in [0.5, 0.6) is 5.75 Å². The van der Waals surface area contributed by atoms with Gasteiger partial charge in [0.2, 0.25) is 0 Å². The Balaban J connectivity index is 1.97. The molecular formula is C16H17IN2O2. The zero-order chi connectivity index (χ0) is 15.2. The summed E-state index contributed by atoms with van der Waals surface area (Å²) < 4.78 is 6.38. The summed E-state index contributed by atoms with van der Waals surface area (Å²) in [6.07, 6.45) is 0. The van der Waals surface area contributed by atoms with Crippen LogP contribution in [0.3, 0.4) is 0 Å². The lowest BCUT2D eigenvalue weighted by atomic mass is 10.2. The van der Waals surface area contributed by atoms with Crippen molar-refractivity contribution in [3.63, 3.8) is 0 Å². The average Bonchev–Trinajstić information content (AvgIpc) is 2.45. The second kappa shape index (κ2) is 7.31. The number of nitrogens with one attached hydrogen (secondary N) is 2. The van der Waals surface area contributed by atoms with Gasteiger partial charge in [0.1, 0.15) is 5.75 Å². The molecule has 0 saturated heterocycles. The molecular weight excluding hydrogens is 379 g/mol. The summed E-state index contributed by atoms with van der Waals surface area (Å²) in [7, 11) is 1.58. The number of hydrogen-bond donors (Lipinski definition) is 2. The fraction of sp³-hybridized carbons (Fsp3) is 0.188. The highest BCUT2D eigenvalue weighted by molar-refractivity contribution is 14.1. The number of halogens is 1. The van der Waals surface area contributed by atoms with E-state index in [1.807, 2.05) is 49.4 Å². The minimum absolute atomic E-state index is 0.252. The van der Waals surface area contributed by atoms with E-state index in [-0.39, 0.29) is 6.03 Å². The summed E-state index contributed by atoms with van der Waals surface area (Å²) in [4.78, 5) is 12.0. The van der Waals surface area contributed by atoms with Crippen LogP contribution >= 0.6 is 22.6 Å². The van der Waals surface area contributed by atoms with Crippen molar-refractivity contribution < 1.29 is 9.53 Å². The van der Waals surface area contributed by atoms with E-state index in [0.717, 1.165) is 14.7 Å². The number of hydrogen-bond acceptors (Lipinski definition) is 2. The Hall–Kier alpha value is -1.76. The topological polar surface area (TPSA) is 50.4 Å². The molecule has 2 amide bonds. The number of carbonyl (C=O) groups excluding carboxylic acids is 1. The predicted octanol–water partition coefficient (Wildman–Crippen LogP) is 3.93. The first-order chi connectivity index (χ1) is 10.1. The van der Waals surface area contributed by atoms with Crippen molar-refractivity contribution in [3.05, 3.63) is 57.2 Å². The van der Waals surface area contributed by atoms with Crippen LogP contribution in [0.15, 0.2) is 42.5 Å². The molecule has 0 atom stereocenters. The zero-order valence-corrected chi connectivity index (χ0v) is 14.1. The Morgan fingerprint density at radius 1 is 1.24 bits per heavy atom. The number of ether oxygens (including phenoxy) is 1. The molecule has 0 spiro atoms. The first-order valence-electron chi connectivity index (χ1n) is 6.52. The molecule has 110 valence electrons. The van der Waals surface area contributed by atoms with Gasteiger partial charge in [-0.2, -0.15) is 0 Å². The van der Waals surface area contributed by atoms with Crippen LogP contribution in [0.2, 0.25) is 0 Å². The van der Waals surface area contributed by atoms with Crippen molar-refractivity contribution in [2.24, 2.45) is 0 Å². The standard InChI is InChI=1S/C16H17IN2O2/c1-11-6-7-15(21-2)14(8-11)19-16(20)18-10-12-4-3-5-13(17)9-12/h3-9H,10H2,1-2H3,(H2,18,19,20). The lowest BCUT2D eigenvalue weighted by molar-refractivity contribution is 0.251. The molecule has 0 aliphatic carbocycles. The van der Waals surface area contributed by atoms with E-state index < -0.39 is 0 Å². The van der Waals surface area contributed by atoms with Gasteiger partial charge in [0, 0.05) is 10.1 Å². The molecule has 5 heteroatoms. The second-order valence-corrected chi connectivity index (χ2v) is 5.89. The number of benzene rings is 2. The lowest BCUT2D eigenvalue weighted by Gasteiger charge is -2.12. The normalized spacial score (nSPS) is 10.0. The summed E-state index contributed by atoms with van der Waals surface area (Å²) in [5, 5.41) is 5.65. The molecule has 4 nitrogen and oxygen atoms in total. The molecule has 21 heavy (non-hydrogen) atoms. The third-order valence-electron chi connectivity index (χ3n) is 2.95. The van der Waals surface area contributed by atoms with Crippen LogP contribution in [0, 0.1) is 10.5 Å². The van der Waals surface area contributed by atoms with E-state index >= 15 is 0 Å². The SMILES string of the molecule is COc1ccc(C)cc1NC(=O)NCc1cccc(I)c1. The third-order valence-corrected chi connectivity index (χ3v) is 3.62.